The van der Waals surface area contributed by atoms with Crippen molar-refractivity contribution in [1.82, 2.24) is 15.1 Å². The van der Waals surface area contributed by atoms with Gasteiger partial charge in [-0.05, 0) is 26.3 Å². The van der Waals surface area contributed by atoms with Crippen molar-refractivity contribution in [2.45, 2.75) is 38.5 Å². The third-order valence-corrected chi connectivity index (χ3v) is 4.77. The molecule has 0 aliphatic carbocycles. The molecule has 2 heterocycles. The highest BCUT2D eigenvalue weighted by molar-refractivity contribution is 6.07. The summed E-state index contributed by atoms with van der Waals surface area (Å²) in [6.07, 6.45) is -0.305. The first kappa shape index (κ1) is 17.4. The molecule has 2 aliphatic rings. The Morgan fingerprint density at radius 2 is 1.92 bits per heavy atom. The first-order valence-corrected chi connectivity index (χ1v) is 8.40. The molecule has 2 fully saturated rings. The minimum Gasteiger partial charge on any atom is -0.367 e. The molecule has 1 aromatic rings. The van der Waals surface area contributed by atoms with E-state index in [1.807, 2.05) is 37.3 Å². The van der Waals surface area contributed by atoms with Crippen molar-refractivity contribution in [2.24, 2.45) is 0 Å². The topological polar surface area (TPSA) is 79.0 Å². The Bertz CT molecular complexity index is 689. The summed E-state index contributed by atoms with van der Waals surface area (Å²) in [4.78, 5) is 39.6. The first-order valence-electron chi connectivity index (χ1n) is 8.40. The van der Waals surface area contributed by atoms with Gasteiger partial charge in [-0.15, -0.1) is 0 Å². The van der Waals surface area contributed by atoms with Crippen LogP contribution in [0.25, 0.3) is 0 Å². The number of benzene rings is 1. The van der Waals surface area contributed by atoms with E-state index in [1.54, 1.807) is 18.7 Å². The summed E-state index contributed by atoms with van der Waals surface area (Å²) in [7, 11) is 0. The van der Waals surface area contributed by atoms with Crippen LogP contribution in [-0.4, -0.2) is 58.9 Å². The zero-order valence-corrected chi connectivity index (χ0v) is 14.7. The number of rotatable bonds is 3. The normalized spacial score (nSPS) is 25.9. The van der Waals surface area contributed by atoms with E-state index in [2.05, 4.69) is 5.32 Å². The summed E-state index contributed by atoms with van der Waals surface area (Å²) in [6, 6.07) is 9.23. The maximum atomic E-state index is 12.8. The Balaban J connectivity index is 1.71. The quantitative estimate of drug-likeness (QED) is 0.838. The van der Waals surface area contributed by atoms with Gasteiger partial charge in [0.1, 0.15) is 18.2 Å². The van der Waals surface area contributed by atoms with E-state index in [-0.39, 0.29) is 30.6 Å². The van der Waals surface area contributed by atoms with Crippen LogP contribution in [0, 0.1) is 0 Å². The minimum absolute atomic E-state index is 0.107. The molecule has 2 atom stereocenters. The van der Waals surface area contributed by atoms with Gasteiger partial charge in [-0.2, -0.15) is 0 Å². The van der Waals surface area contributed by atoms with Crippen LogP contribution in [0.2, 0.25) is 0 Å². The van der Waals surface area contributed by atoms with Gasteiger partial charge in [0.15, 0.2) is 0 Å². The molecular formula is C18H23N3O4. The van der Waals surface area contributed by atoms with Crippen molar-refractivity contribution < 1.29 is 19.1 Å². The number of carbonyl (C=O) groups excluding carboxylic acids is 3. The van der Waals surface area contributed by atoms with Crippen molar-refractivity contribution in [3.8, 4) is 0 Å². The Morgan fingerprint density at radius 3 is 2.52 bits per heavy atom. The Labute approximate surface area is 146 Å². The molecular weight excluding hydrogens is 322 g/mol. The molecule has 1 N–H and O–H groups in total. The van der Waals surface area contributed by atoms with E-state index in [0.717, 1.165) is 5.56 Å². The number of amides is 4. The van der Waals surface area contributed by atoms with E-state index in [4.69, 9.17) is 4.74 Å². The highest BCUT2D eigenvalue weighted by Crippen LogP contribution is 2.26. The molecule has 0 bridgehead atoms. The van der Waals surface area contributed by atoms with Crippen molar-refractivity contribution in [3.63, 3.8) is 0 Å². The summed E-state index contributed by atoms with van der Waals surface area (Å²) in [5.74, 6) is -0.572. The van der Waals surface area contributed by atoms with Crippen LogP contribution in [0.3, 0.4) is 0 Å². The van der Waals surface area contributed by atoms with Gasteiger partial charge in [0.25, 0.3) is 5.91 Å². The molecule has 134 valence electrons. The van der Waals surface area contributed by atoms with E-state index in [1.165, 1.54) is 4.90 Å². The summed E-state index contributed by atoms with van der Waals surface area (Å²) in [6.45, 7) is 5.96. The third-order valence-electron chi connectivity index (χ3n) is 4.77. The van der Waals surface area contributed by atoms with E-state index < -0.39 is 11.6 Å². The molecule has 4 amide bonds. The summed E-state index contributed by atoms with van der Waals surface area (Å²) in [5.41, 5.74) is -0.00926. The third kappa shape index (κ3) is 3.37. The van der Waals surface area contributed by atoms with Crippen LogP contribution < -0.4 is 5.32 Å². The Hall–Kier alpha value is -2.41. The number of morpholine rings is 1. The van der Waals surface area contributed by atoms with Crippen LogP contribution in [-0.2, 0) is 14.3 Å². The fraction of sp³-hybridized carbons (Fsp3) is 0.500. The second-order valence-corrected chi connectivity index (χ2v) is 7.05. The van der Waals surface area contributed by atoms with Crippen LogP contribution in [0.4, 0.5) is 4.79 Å². The van der Waals surface area contributed by atoms with Crippen LogP contribution in [0.15, 0.2) is 30.3 Å². The average Bonchev–Trinajstić information content (AvgIpc) is 2.77. The molecule has 25 heavy (non-hydrogen) atoms. The first-order chi connectivity index (χ1) is 11.8. The highest BCUT2D eigenvalue weighted by atomic mass is 16.5. The van der Waals surface area contributed by atoms with Crippen LogP contribution in [0.1, 0.15) is 32.4 Å². The van der Waals surface area contributed by atoms with Crippen LogP contribution in [0.5, 0.6) is 0 Å². The van der Waals surface area contributed by atoms with Crippen molar-refractivity contribution >= 4 is 17.8 Å². The standard InChI is InChI=1S/C18H23N3O4/c1-12-9-20(10-14(25-12)13-7-5-4-6-8-13)15(22)11-21-17(24)19-16(23)18(21,2)3/h4-8,12,14H,9-11H2,1-3H3,(H,19,23,24)/t12-,14-/m0/s1. The average molecular weight is 345 g/mol. The summed E-state index contributed by atoms with van der Waals surface area (Å²) >= 11 is 0. The molecule has 0 unspecified atom stereocenters. The molecule has 1 aromatic carbocycles. The van der Waals surface area contributed by atoms with Gasteiger partial charge in [0.2, 0.25) is 5.91 Å². The molecule has 0 spiro atoms. The Kier molecular flexibility index (Phi) is 4.51. The fourth-order valence-electron chi connectivity index (χ4n) is 3.21. The van der Waals surface area contributed by atoms with Crippen LogP contribution >= 0.6 is 0 Å². The molecule has 3 rings (SSSR count). The number of nitrogens with one attached hydrogen (secondary N) is 1. The predicted molar refractivity (Wildman–Crippen MR) is 90.6 cm³/mol. The SMILES string of the molecule is C[C@H]1CN(C(=O)CN2C(=O)NC(=O)C2(C)C)C[C@@H](c2ccccc2)O1. The van der Waals surface area contributed by atoms with Gasteiger partial charge in [0.05, 0.1) is 12.6 Å². The number of urea groups is 1. The van der Waals surface area contributed by atoms with Crippen molar-refractivity contribution in [2.75, 3.05) is 19.6 Å². The van der Waals surface area contributed by atoms with Gasteiger partial charge >= 0.3 is 6.03 Å². The van der Waals surface area contributed by atoms with Gasteiger partial charge < -0.3 is 14.5 Å². The second kappa shape index (κ2) is 6.48. The highest BCUT2D eigenvalue weighted by Gasteiger charge is 2.46. The fourth-order valence-corrected chi connectivity index (χ4v) is 3.21. The maximum Gasteiger partial charge on any atom is 0.325 e. The number of carbonyl (C=O) groups is 3. The maximum absolute atomic E-state index is 12.8. The molecule has 7 heteroatoms. The molecule has 0 aromatic heterocycles. The molecule has 0 radical (unpaired) electrons. The molecule has 2 saturated heterocycles. The number of nitrogens with zero attached hydrogens (tertiary/aromatic N) is 2. The van der Waals surface area contributed by atoms with E-state index in [0.29, 0.717) is 13.1 Å². The lowest BCUT2D eigenvalue weighted by Crippen LogP contribution is -2.53. The molecule has 7 nitrogen and oxygen atoms in total. The zero-order valence-electron chi connectivity index (χ0n) is 14.7. The Morgan fingerprint density at radius 1 is 1.24 bits per heavy atom. The number of ether oxygens (including phenoxy) is 1. The largest absolute Gasteiger partial charge is 0.367 e. The second-order valence-electron chi connectivity index (χ2n) is 7.05. The van der Waals surface area contributed by atoms with Gasteiger partial charge in [0, 0.05) is 6.54 Å². The lowest BCUT2D eigenvalue weighted by atomic mass is 10.0. The van der Waals surface area contributed by atoms with E-state index in [9.17, 15) is 14.4 Å². The van der Waals surface area contributed by atoms with Gasteiger partial charge in [-0.25, -0.2) is 4.79 Å². The molecule has 2 aliphatic heterocycles. The monoisotopic (exact) mass is 345 g/mol. The lowest BCUT2D eigenvalue weighted by molar-refractivity contribution is -0.146. The number of hydrogen-bond donors (Lipinski definition) is 1. The van der Waals surface area contributed by atoms with Crippen molar-refractivity contribution in [3.05, 3.63) is 35.9 Å². The van der Waals surface area contributed by atoms with Crippen molar-refractivity contribution in [1.29, 1.82) is 0 Å². The zero-order chi connectivity index (χ0) is 18.2. The number of imide groups is 1. The summed E-state index contributed by atoms with van der Waals surface area (Å²) < 4.78 is 5.96. The van der Waals surface area contributed by atoms with E-state index >= 15 is 0 Å². The predicted octanol–water partition coefficient (Wildman–Crippen LogP) is 1.31. The van der Waals surface area contributed by atoms with Gasteiger partial charge in [-0.1, -0.05) is 30.3 Å². The minimum atomic E-state index is -1.02. The number of hydrogen-bond acceptors (Lipinski definition) is 4. The van der Waals surface area contributed by atoms with Gasteiger partial charge in [-0.3, -0.25) is 14.9 Å². The smallest absolute Gasteiger partial charge is 0.325 e. The lowest BCUT2D eigenvalue weighted by Gasteiger charge is -2.38. The summed E-state index contributed by atoms with van der Waals surface area (Å²) in [5, 5.41) is 2.26. The molecule has 0 saturated carbocycles.